The van der Waals surface area contributed by atoms with E-state index < -0.39 is 0 Å². The Hall–Kier alpha value is -1.85. The van der Waals surface area contributed by atoms with E-state index in [-0.39, 0.29) is 12.4 Å². The van der Waals surface area contributed by atoms with Crippen LogP contribution in [0.3, 0.4) is 0 Å². The summed E-state index contributed by atoms with van der Waals surface area (Å²) in [7, 11) is 3.56. The monoisotopic (exact) mass is 309 g/mol. The van der Waals surface area contributed by atoms with Crippen molar-refractivity contribution in [3.05, 3.63) is 41.5 Å². The Morgan fingerprint density at radius 2 is 2.00 bits per heavy atom. The summed E-state index contributed by atoms with van der Waals surface area (Å²) < 4.78 is 10.3. The van der Waals surface area contributed by atoms with Gasteiger partial charge in [0.25, 0.3) is 5.89 Å². The predicted octanol–water partition coefficient (Wildman–Crippen LogP) is 2.82. The molecule has 1 atom stereocenters. The first-order valence-corrected chi connectivity index (χ1v) is 6.53. The van der Waals surface area contributed by atoms with Crippen LogP contribution >= 0.6 is 12.4 Å². The zero-order valence-electron chi connectivity index (χ0n) is 12.4. The Labute approximate surface area is 130 Å². The second-order valence-electron chi connectivity index (χ2n) is 4.55. The minimum Gasteiger partial charge on any atom is -0.497 e. The van der Waals surface area contributed by atoms with Crippen LogP contribution in [0.1, 0.15) is 24.2 Å². The summed E-state index contributed by atoms with van der Waals surface area (Å²) in [5.74, 6) is 2.06. The lowest BCUT2D eigenvalue weighted by Crippen LogP contribution is -2.24. The smallest absolute Gasteiger partial charge is 0.250 e. The van der Waals surface area contributed by atoms with Gasteiger partial charge in [-0.05, 0) is 37.7 Å². The van der Waals surface area contributed by atoms with Crippen LogP contribution in [0.5, 0.6) is 5.75 Å². The van der Waals surface area contributed by atoms with Gasteiger partial charge in [-0.15, -0.1) is 12.4 Å². The number of hydrogen-bond acceptors (Lipinski definition) is 5. The van der Waals surface area contributed by atoms with Gasteiger partial charge in [-0.25, -0.2) is 0 Å². The van der Waals surface area contributed by atoms with Gasteiger partial charge in [0.15, 0.2) is 5.82 Å². The van der Waals surface area contributed by atoms with Crippen LogP contribution in [0.4, 0.5) is 0 Å². The number of nitrogens with zero attached hydrogens (tertiary/aromatic N) is 2. The molecule has 0 aliphatic carbocycles. The normalized spacial score (nSPS) is 12.1. The number of benzene rings is 1. The van der Waals surface area contributed by atoms with Crippen LogP contribution in [-0.2, 0) is 6.42 Å². The lowest BCUT2D eigenvalue weighted by molar-refractivity contribution is 0.400. The molecule has 0 bridgehead atoms. The molecule has 1 aromatic carbocycles. The summed E-state index contributed by atoms with van der Waals surface area (Å²) in [6.07, 6.45) is 4.48. The molecule has 2 rings (SSSR count). The van der Waals surface area contributed by atoms with Crippen molar-refractivity contribution in [3.63, 3.8) is 0 Å². The number of rotatable bonds is 6. The lowest BCUT2D eigenvalue weighted by atomic mass is 10.2. The molecule has 5 nitrogen and oxygen atoms in total. The van der Waals surface area contributed by atoms with Crippen molar-refractivity contribution in [2.75, 3.05) is 14.2 Å². The molecule has 1 unspecified atom stereocenters. The van der Waals surface area contributed by atoms with E-state index in [1.54, 1.807) is 7.11 Å². The minimum absolute atomic E-state index is 0. The highest BCUT2D eigenvalue weighted by Crippen LogP contribution is 2.13. The van der Waals surface area contributed by atoms with Gasteiger partial charge >= 0.3 is 0 Å². The second kappa shape index (κ2) is 8.44. The van der Waals surface area contributed by atoms with Crippen molar-refractivity contribution >= 4 is 24.6 Å². The van der Waals surface area contributed by atoms with E-state index in [1.165, 1.54) is 0 Å². The summed E-state index contributed by atoms with van der Waals surface area (Å²) >= 11 is 0. The Kier molecular flexibility index (Phi) is 6.91. The molecule has 0 saturated heterocycles. The molecule has 6 heteroatoms. The number of methoxy groups -OCH3 is 1. The maximum absolute atomic E-state index is 5.18. The molecule has 114 valence electrons. The number of halogens is 1. The van der Waals surface area contributed by atoms with E-state index >= 15 is 0 Å². The number of hydrogen-bond donors (Lipinski definition) is 1. The van der Waals surface area contributed by atoms with Crippen LogP contribution in [0.15, 0.2) is 28.8 Å². The van der Waals surface area contributed by atoms with Crippen molar-refractivity contribution in [2.24, 2.45) is 0 Å². The summed E-state index contributed by atoms with van der Waals surface area (Å²) in [6.45, 7) is 2.07. The van der Waals surface area contributed by atoms with Crippen LogP contribution < -0.4 is 10.1 Å². The molecule has 0 aliphatic rings. The number of aromatic nitrogens is 2. The molecule has 0 amide bonds. The molecule has 1 aromatic heterocycles. The van der Waals surface area contributed by atoms with Crippen LogP contribution in [-0.4, -0.2) is 30.3 Å². The maximum Gasteiger partial charge on any atom is 0.250 e. The van der Waals surface area contributed by atoms with Crippen LogP contribution in [0.25, 0.3) is 12.2 Å². The quantitative estimate of drug-likeness (QED) is 0.889. The van der Waals surface area contributed by atoms with Gasteiger partial charge < -0.3 is 14.6 Å². The van der Waals surface area contributed by atoms with Gasteiger partial charge in [0, 0.05) is 18.5 Å². The Balaban J connectivity index is 0.00000220. The Bertz CT molecular complexity index is 567. The average molecular weight is 310 g/mol. The molecular formula is C15H20ClN3O2. The highest BCUT2D eigenvalue weighted by atomic mass is 35.5. The van der Waals surface area contributed by atoms with E-state index in [0.717, 1.165) is 17.7 Å². The first kappa shape index (κ1) is 17.2. The third-order valence-corrected chi connectivity index (χ3v) is 3.00. The van der Waals surface area contributed by atoms with Crippen LogP contribution in [0.2, 0.25) is 0 Å². The molecule has 21 heavy (non-hydrogen) atoms. The first-order valence-electron chi connectivity index (χ1n) is 6.53. The first-order chi connectivity index (χ1) is 9.71. The zero-order valence-corrected chi connectivity index (χ0v) is 13.2. The van der Waals surface area contributed by atoms with Crippen molar-refractivity contribution < 1.29 is 9.26 Å². The summed E-state index contributed by atoms with van der Waals surface area (Å²) in [6, 6.07) is 8.08. The Morgan fingerprint density at radius 1 is 1.29 bits per heavy atom. The zero-order chi connectivity index (χ0) is 14.4. The molecule has 0 fully saturated rings. The minimum atomic E-state index is 0. The topological polar surface area (TPSA) is 60.2 Å². The maximum atomic E-state index is 5.18. The molecular weight excluding hydrogens is 290 g/mol. The van der Waals surface area contributed by atoms with Gasteiger partial charge in [-0.2, -0.15) is 4.98 Å². The fraction of sp³-hybridized carbons (Fsp3) is 0.333. The summed E-state index contributed by atoms with van der Waals surface area (Å²) in [4.78, 5) is 4.32. The third kappa shape index (κ3) is 5.21. The van der Waals surface area contributed by atoms with Crippen molar-refractivity contribution in [2.45, 2.75) is 19.4 Å². The molecule has 0 spiro atoms. The third-order valence-electron chi connectivity index (χ3n) is 3.00. The molecule has 0 saturated carbocycles. The molecule has 1 heterocycles. The highest BCUT2D eigenvalue weighted by molar-refractivity contribution is 5.85. The molecule has 0 radical (unpaired) electrons. The van der Waals surface area contributed by atoms with E-state index in [2.05, 4.69) is 22.4 Å². The van der Waals surface area contributed by atoms with E-state index in [9.17, 15) is 0 Å². The van der Waals surface area contributed by atoms with E-state index in [0.29, 0.717) is 17.8 Å². The largest absolute Gasteiger partial charge is 0.497 e. The second-order valence-corrected chi connectivity index (χ2v) is 4.55. The van der Waals surface area contributed by atoms with Crippen LogP contribution in [0, 0.1) is 0 Å². The van der Waals surface area contributed by atoms with Gasteiger partial charge in [-0.1, -0.05) is 17.3 Å². The Morgan fingerprint density at radius 3 is 2.62 bits per heavy atom. The van der Waals surface area contributed by atoms with Crippen molar-refractivity contribution in [1.82, 2.24) is 15.5 Å². The van der Waals surface area contributed by atoms with E-state index in [4.69, 9.17) is 9.26 Å². The summed E-state index contributed by atoms with van der Waals surface area (Å²) in [5.41, 5.74) is 1.05. The van der Waals surface area contributed by atoms with Gasteiger partial charge in [-0.3, -0.25) is 0 Å². The van der Waals surface area contributed by atoms with Crippen molar-refractivity contribution in [3.8, 4) is 5.75 Å². The number of likely N-dealkylation sites (N-methyl/N-ethyl adjacent to an activating group) is 1. The average Bonchev–Trinajstić information content (AvgIpc) is 2.93. The van der Waals surface area contributed by atoms with Gasteiger partial charge in [0.1, 0.15) is 5.75 Å². The highest BCUT2D eigenvalue weighted by Gasteiger charge is 2.07. The SMILES string of the molecule is CNC(C)Cc1noc(/C=C/c2ccc(OC)cc2)n1.Cl. The predicted molar refractivity (Wildman–Crippen MR) is 85.7 cm³/mol. The van der Waals surface area contributed by atoms with Crippen molar-refractivity contribution in [1.29, 1.82) is 0 Å². The number of ether oxygens (including phenoxy) is 1. The van der Waals surface area contributed by atoms with Gasteiger partial charge in [0.2, 0.25) is 0 Å². The molecule has 0 aliphatic heterocycles. The number of nitrogens with one attached hydrogen (secondary N) is 1. The fourth-order valence-corrected chi connectivity index (χ4v) is 1.68. The summed E-state index contributed by atoms with van der Waals surface area (Å²) in [5, 5.41) is 7.09. The standard InChI is InChI=1S/C15H19N3O2.ClH/c1-11(16-2)10-14-17-15(20-18-14)9-6-12-4-7-13(19-3)8-5-12;/h4-9,11,16H,10H2,1-3H3;1H/b9-6+;. The molecule has 2 aromatic rings. The fourth-order valence-electron chi connectivity index (χ4n) is 1.68. The van der Waals surface area contributed by atoms with E-state index in [1.807, 2.05) is 43.5 Å². The lowest BCUT2D eigenvalue weighted by Gasteiger charge is -2.04. The molecule has 1 N–H and O–H groups in total. The van der Waals surface area contributed by atoms with Gasteiger partial charge in [0.05, 0.1) is 7.11 Å².